The van der Waals surface area contributed by atoms with Gasteiger partial charge in [0.25, 0.3) is 5.91 Å². The van der Waals surface area contributed by atoms with Crippen molar-refractivity contribution in [1.82, 2.24) is 15.3 Å². The number of nitrogens with one attached hydrogen (secondary N) is 1. The van der Waals surface area contributed by atoms with E-state index in [1.165, 1.54) is 12.4 Å². The first-order chi connectivity index (χ1) is 8.16. The first kappa shape index (κ1) is 17.9. The van der Waals surface area contributed by atoms with Crippen LogP contribution in [-0.2, 0) is 0 Å². The lowest BCUT2D eigenvalue weighted by molar-refractivity contribution is 0.0921. The standard InChI is InChI=1S/C11H17N5O.2ClH/c12-7-1-3-8(4-2-7)16-11(17)9-10(13)15-6-5-14-9;;/h5-8H,1-4,12H2,(H2,13,15)(H,16,17);2*1H. The molecule has 0 spiro atoms. The molecule has 19 heavy (non-hydrogen) atoms. The Labute approximate surface area is 124 Å². The molecule has 1 aromatic heterocycles. The largest absolute Gasteiger partial charge is 0.382 e. The fraction of sp³-hybridized carbons (Fsp3) is 0.545. The van der Waals surface area contributed by atoms with Gasteiger partial charge in [0.1, 0.15) is 0 Å². The van der Waals surface area contributed by atoms with Gasteiger partial charge in [-0.25, -0.2) is 9.97 Å². The summed E-state index contributed by atoms with van der Waals surface area (Å²) >= 11 is 0. The highest BCUT2D eigenvalue weighted by molar-refractivity contribution is 5.96. The van der Waals surface area contributed by atoms with Gasteiger partial charge in [-0.1, -0.05) is 0 Å². The average molecular weight is 308 g/mol. The summed E-state index contributed by atoms with van der Waals surface area (Å²) in [6, 6.07) is 0.438. The molecular formula is C11H19Cl2N5O. The van der Waals surface area contributed by atoms with Crippen LogP contribution in [0.1, 0.15) is 36.2 Å². The number of hydrogen-bond acceptors (Lipinski definition) is 5. The molecule has 0 aromatic carbocycles. The van der Waals surface area contributed by atoms with Gasteiger partial charge in [0.2, 0.25) is 0 Å². The number of carbonyl (C=O) groups is 1. The summed E-state index contributed by atoms with van der Waals surface area (Å²) in [6.45, 7) is 0. The molecular weight excluding hydrogens is 289 g/mol. The van der Waals surface area contributed by atoms with Gasteiger partial charge >= 0.3 is 0 Å². The van der Waals surface area contributed by atoms with Crippen LogP contribution in [-0.4, -0.2) is 28.0 Å². The Morgan fingerprint density at radius 3 is 2.32 bits per heavy atom. The van der Waals surface area contributed by atoms with Crippen LogP contribution in [0.2, 0.25) is 0 Å². The van der Waals surface area contributed by atoms with Crippen molar-refractivity contribution in [2.45, 2.75) is 37.8 Å². The van der Waals surface area contributed by atoms with Crippen LogP contribution in [0, 0.1) is 0 Å². The van der Waals surface area contributed by atoms with E-state index < -0.39 is 0 Å². The number of carbonyl (C=O) groups excluding carboxylic acids is 1. The Hall–Kier alpha value is -1.11. The summed E-state index contributed by atoms with van der Waals surface area (Å²) in [6.07, 6.45) is 6.63. The minimum Gasteiger partial charge on any atom is -0.382 e. The van der Waals surface area contributed by atoms with Crippen LogP contribution in [0.3, 0.4) is 0 Å². The Kier molecular flexibility index (Phi) is 7.66. The van der Waals surface area contributed by atoms with E-state index in [9.17, 15) is 4.79 Å². The molecule has 0 aliphatic heterocycles. The van der Waals surface area contributed by atoms with Gasteiger partial charge in [0, 0.05) is 24.5 Å². The predicted octanol–water partition coefficient (Wildman–Crippen LogP) is 0.902. The van der Waals surface area contributed by atoms with Crippen molar-refractivity contribution in [2.24, 2.45) is 5.73 Å². The van der Waals surface area contributed by atoms with Crippen LogP contribution in [0.25, 0.3) is 0 Å². The zero-order chi connectivity index (χ0) is 12.3. The van der Waals surface area contributed by atoms with Gasteiger partial charge in [0.15, 0.2) is 11.5 Å². The average Bonchev–Trinajstić information content (AvgIpc) is 2.32. The molecule has 1 heterocycles. The second-order valence-corrected chi connectivity index (χ2v) is 4.38. The van der Waals surface area contributed by atoms with Crippen LogP contribution < -0.4 is 16.8 Å². The molecule has 1 aliphatic rings. The van der Waals surface area contributed by atoms with Crippen molar-refractivity contribution in [2.75, 3.05) is 5.73 Å². The fourth-order valence-corrected chi connectivity index (χ4v) is 2.04. The Morgan fingerprint density at radius 1 is 1.16 bits per heavy atom. The number of aromatic nitrogens is 2. The van der Waals surface area contributed by atoms with Gasteiger partial charge in [-0.05, 0) is 25.7 Å². The molecule has 5 N–H and O–H groups in total. The summed E-state index contributed by atoms with van der Waals surface area (Å²) in [5.74, 6) is -0.0893. The summed E-state index contributed by atoms with van der Waals surface area (Å²) in [5, 5.41) is 2.92. The smallest absolute Gasteiger partial charge is 0.273 e. The zero-order valence-corrected chi connectivity index (χ0v) is 12.0. The topological polar surface area (TPSA) is 107 Å². The molecule has 108 valence electrons. The molecule has 8 heteroatoms. The van der Waals surface area contributed by atoms with E-state index in [-0.39, 0.29) is 54.3 Å². The van der Waals surface area contributed by atoms with Crippen molar-refractivity contribution >= 4 is 36.5 Å². The van der Waals surface area contributed by atoms with Gasteiger partial charge in [-0.2, -0.15) is 0 Å². The number of anilines is 1. The lowest BCUT2D eigenvalue weighted by Gasteiger charge is -2.26. The third kappa shape index (κ3) is 4.81. The first-order valence-corrected chi connectivity index (χ1v) is 5.79. The van der Waals surface area contributed by atoms with E-state index in [4.69, 9.17) is 11.5 Å². The first-order valence-electron chi connectivity index (χ1n) is 5.79. The van der Waals surface area contributed by atoms with Crippen LogP contribution in [0.15, 0.2) is 12.4 Å². The number of nitrogens with zero attached hydrogens (tertiary/aromatic N) is 2. The maximum atomic E-state index is 11.9. The quantitative estimate of drug-likeness (QED) is 0.752. The highest BCUT2D eigenvalue weighted by Gasteiger charge is 2.21. The minimum absolute atomic E-state index is 0. The molecule has 0 saturated heterocycles. The third-order valence-electron chi connectivity index (χ3n) is 3.05. The Bertz CT molecular complexity index is 410. The minimum atomic E-state index is -0.254. The summed E-state index contributed by atoms with van der Waals surface area (Å²) in [7, 11) is 0. The van der Waals surface area contributed by atoms with Crippen LogP contribution in [0.4, 0.5) is 5.82 Å². The van der Waals surface area contributed by atoms with Crippen LogP contribution in [0.5, 0.6) is 0 Å². The lowest BCUT2D eigenvalue weighted by Crippen LogP contribution is -2.41. The molecule has 1 aliphatic carbocycles. The van der Waals surface area contributed by atoms with E-state index >= 15 is 0 Å². The number of rotatable bonds is 2. The number of nitrogen functional groups attached to an aromatic ring is 1. The number of amides is 1. The number of hydrogen-bond donors (Lipinski definition) is 3. The zero-order valence-electron chi connectivity index (χ0n) is 10.4. The molecule has 1 aromatic rings. The fourth-order valence-electron chi connectivity index (χ4n) is 2.04. The maximum Gasteiger partial charge on any atom is 0.273 e. The number of nitrogens with two attached hydrogens (primary N) is 2. The summed E-state index contributed by atoms with van der Waals surface area (Å²) in [5.41, 5.74) is 11.6. The molecule has 0 bridgehead atoms. The molecule has 0 atom stereocenters. The second-order valence-electron chi connectivity index (χ2n) is 4.38. The van der Waals surface area contributed by atoms with Crippen LogP contribution >= 0.6 is 24.8 Å². The monoisotopic (exact) mass is 307 g/mol. The van der Waals surface area contributed by atoms with Gasteiger partial charge < -0.3 is 16.8 Å². The van der Waals surface area contributed by atoms with E-state index in [1.54, 1.807) is 0 Å². The third-order valence-corrected chi connectivity index (χ3v) is 3.05. The molecule has 1 amide bonds. The maximum absolute atomic E-state index is 11.9. The van der Waals surface area contributed by atoms with E-state index in [2.05, 4.69) is 15.3 Å². The van der Waals surface area contributed by atoms with Crippen molar-refractivity contribution < 1.29 is 4.79 Å². The second kappa shape index (κ2) is 8.14. The SMILES string of the molecule is Cl.Cl.Nc1nccnc1C(=O)NC1CCC(N)CC1. The Morgan fingerprint density at radius 2 is 1.74 bits per heavy atom. The molecule has 0 radical (unpaired) electrons. The normalized spacial score (nSPS) is 21.7. The van der Waals surface area contributed by atoms with Gasteiger partial charge in [0.05, 0.1) is 0 Å². The molecule has 6 nitrogen and oxygen atoms in total. The van der Waals surface area contributed by atoms with E-state index in [1.807, 2.05) is 0 Å². The molecule has 1 fully saturated rings. The van der Waals surface area contributed by atoms with Crippen molar-refractivity contribution in [1.29, 1.82) is 0 Å². The number of halogens is 2. The van der Waals surface area contributed by atoms with Crippen molar-refractivity contribution in [3.05, 3.63) is 18.1 Å². The summed E-state index contributed by atoms with van der Waals surface area (Å²) in [4.78, 5) is 19.7. The highest BCUT2D eigenvalue weighted by atomic mass is 35.5. The lowest BCUT2D eigenvalue weighted by atomic mass is 9.92. The van der Waals surface area contributed by atoms with E-state index in [0.717, 1.165) is 25.7 Å². The highest BCUT2D eigenvalue weighted by Crippen LogP contribution is 2.17. The molecule has 0 unspecified atom stereocenters. The van der Waals surface area contributed by atoms with Gasteiger partial charge in [-0.15, -0.1) is 24.8 Å². The predicted molar refractivity (Wildman–Crippen MR) is 78.6 cm³/mol. The summed E-state index contributed by atoms with van der Waals surface area (Å²) < 4.78 is 0. The van der Waals surface area contributed by atoms with E-state index in [0.29, 0.717) is 0 Å². The van der Waals surface area contributed by atoms with Gasteiger partial charge in [-0.3, -0.25) is 4.79 Å². The molecule has 1 saturated carbocycles. The van der Waals surface area contributed by atoms with Crippen molar-refractivity contribution in [3.63, 3.8) is 0 Å². The Balaban J connectivity index is 0.00000162. The van der Waals surface area contributed by atoms with Crippen molar-refractivity contribution in [3.8, 4) is 0 Å². The molecule has 2 rings (SSSR count).